The number of pyridine rings is 2. The Morgan fingerprint density at radius 2 is 2.20 bits per heavy atom. The monoisotopic (exact) mass is 197 g/mol. The van der Waals surface area contributed by atoms with Crippen molar-refractivity contribution in [2.24, 2.45) is 0 Å². The van der Waals surface area contributed by atoms with E-state index < -0.39 is 0 Å². The van der Waals surface area contributed by atoms with E-state index in [0.29, 0.717) is 17.2 Å². The van der Waals surface area contributed by atoms with Crippen LogP contribution in [0.15, 0.2) is 42.9 Å². The number of aromatic nitrogens is 2. The van der Waals surface area contributed by atoms with Gasteiger partial charge in [0.15, 0.2) is 0 Å². The molecule has 0 aliphatic rings. The fourth-order valence-electron chi connectivity index (χ4n) is 1.06. The van der Waals surface area contributed by atoms with Crippen LogP contribution in [0.2, 0.25) is 0 Å². The molecule has 0 spiro atoms. The molecule has 0 fully saturated rings. The Labute approximate surface area is 86.8 Å². The molecule has 2 rings (SSSR count). The third kappa shape index (κ3) is 2.29. The van der Waals surface area contributed by atoms with E-state index in [4.69, 9.17) is 10.00 Å². The SMILES string of the molecule is N#Cc1ccnc(Oc2cccnc2)c1. The Hall–Kier alpha value is -2.41. The molecule has 2 aromatic rings. The lowest BCUT2D eigenvalue weighted by Crippen LogP contribution is -1.88. The van der Waals surface area contributed by atoms with Gasteiger partial charge in [0, 0.05) is 18.5 Å². The number of hydrogen-bond donors (Lipinski definition) is 0. The largest absolute Gasteiger partial charge is 0.437 e. The summed E-state index contributed by atoms with van der Waals surface area (Å²) in [6, 6.07) is 8.75. The van der Waals surface area contributed by atoms with Gasteiger partial charge in [-0.15, -0.1) is 0 Å². The van der Waals surface area contributed by atoms with E-state index in [1.165, 1.54) is 6.20 Å². The van der Waals surface area contributed by atoms with Crippen molar-refractivity contribution >= 4 is 0 Å². The van der Waals surface area contributed by atoms with E-state index >= 15 is 0 Å². The van der Waals surface area contributed by atoms with Gasteiger partial charge in [0.1, 0.15) is 5.75 Å². The second kappa shape index (κ2) is 4.20. The summed E-state index contributed by atoms with van der Waals surface area (Å²) in [5.41, 5.74) is 0.517. The highest BCUT2D eigenvalue weighted by atomic mass is 16.5. The molecular weight excluding hydrogens is 190 g/mol. The Morgan fingerprint density at radius 1 is 1.27 bits per heavy atom. The van der Waals surface area contributed by atoms with Crippen molar-refractivity contribution < 1.29 is 4.74 Å². The lowest BCUT2D eigenvalue weighted by atomic mass is 10.3. The molecule has 0 amide bonds. The van der Waals surface area contributed by atoms with Gasteiger partial charge in [-0.25, -0.2) is 4.98 Å². The van der Waals surface area contributed by atoms with Crippen molar-refractivity contribution in [3.8, 4) is 17.7 Å². The van der Waals surface area contributed by atoms with Crippen LogP contribution in [-0.2, 0) is 0 Å². The first-order valence-corrected chi connectivity index (χ1v) is 4.32. The summed E-state index contributed by atoms with van der Waals surface area (Å²) >= 11 is 0. The van der Waals surface area contributed by atoms with Gasteiger partial charge in [-0.05, 0) is 18.2 Å². The van der Waals surface area contributed by atoms with Crippen molar-refractivity contribution in [2.45, 2.75) is 0 Å². The predicted molar refractivity (Wildman–Crippen MR) is 53.3 cm³/mol. The van der Waals surface area contributed by atoms with Gasteiger partial charge in [-0.3, -0.25) is 4.98 Å². The summed E-state index contributed by atoms with van der Waals surface area (Å²) < 4.78 is 5.40. The van der Waals surface area contributed by atoms with Gasteiger partial charge in [-0.1, -0.05) is 0 Å². The topological polar surface area (TPSA) is 58.8 Å². The van der Waals surface area contributed by atoms with E-state index in [2.05, 4.69) is 9.97 Å². The molecular formula is C11H7N3O. The second-order valence-electron chi connectivity index (χ2n) is 2.79. The zero-order chi connectivity index (χ0) is 10.5. The fourth-order valence-corrected chi connectivity index (χ4v) is 1.06. The summed E-state index contributed by atoms with van der Waals surface area (Å²) in [5, 5.41) is 8.68. The Balaban J connectivity index is 2.22. The average Bonchev–Trinajstić information content (AvgIpc) is 2.31. The van der Waals surface area contributed by atoms with Crippen LogP contribution in [0, 0.1) is 11.3 Å². The Bertz CT molecular complexity index is 491. The van der Waals surface area contributed by atoms with Gasteiger partial charge < -0.3 is 4.74 Å². The molecule has 4 heteroatoms. The summed E-state index contributed by atoms with van der Waals surface area (Å²) in [4.78, 5) is 7.89. The predicted octanol–water partition coefficient (Wildman–Crippen LogP) is 2.14. The summed E-state index contributed by atoms with van der Waals surface area (Å²) in [5.74, 6) is 0.988. The number of nitriles is 1. The third-order valence-corrected chi connectivity index (χ3v) is 1.72. The average molecular weight is 197 g/mol. The van der Waals surface area contributed by atoms with Gasteiger partial charge in [0.05, 0.1) is 17.8 Å². The van der Waals surface area contributed by atoms with Gasteiger partial charge in [0.2, 0.25) is 5.88 Å². The maximum Gasteiger partial charge on any atom is 0.220 e. The number of rotatable bonds is 2. The molecule has 0 bridgehead atoms. The minimum atomic E-state index is 0.391. The van der Waals surface area contributed by atoms with Crippen LogP contribution in [0.3, 0.4) is 0 Å². The zero-order valence-electron chi connectivity index (χ0n) is 7.79. The molecule has 2 aromatic heterocycles. The van der Waals surface area contributed by atoms with Crippen LogP contribution in [0.25, 0.3) is 0 Å². The zero-order valence-corrected chi connectivity index (χ0v) is 7.79. The molecule has 0 atom stereocenters. The van der Waals surface area contributed by atoms with Crippen molar-refractivity contribution in [1.82, 2.24) is 9.97 Å². The first-order valence-electron chi connectivity index (χ1n) is 4.32. The molecule has 0 unspecified atom stereocenters. The summed E-state index contributed by atoms with van der Waals surface area (Å²) in [6.07, 6.45) is 4.77. The smallest absolute Gasteiger partial charge is 0.220 e. The summed E-state index contributed by atoms with van der Waals surface area (Å²) in [7, 11) is 0. The van der Waals surface area contributed by atoms with Crippen molar-refractivity contribution in [3.05, 3.63) is 48.4 Å². The fraction of sp³-hybridized carbons (Fsp3) is 0. The van der Waals surface area contributed by atoms with Crippen LogP contribution in [0.4, 0.5) is 0 Å². The standard InChI is InChI=1S/C11H7N3O/c12-7-9-3-5-14-11(6-9)15-10-2-1-4-13-8-10/h1-6,8H. The summed E-state index contributed by atoms with van der Waals surface area (Å²) in [6.45, 7) is 0. The molecule has 0 aliphatic heterocycles. The highest BCUT2D eigenvalue weighted by Gasteiger charge is 1.99. The van der Waals surface area contributed by atoms with Crippen LogP contribution in [0.1, 0.15) is 5.56 Å². The van der Waals surface area contributed by atoms with Gasteiger partial charge in [0.25, 0.3) is 0 Å². The van der Waals surface area contributed by atoms with E-state index in [0.717, 1.165) is 0 Å². The third-order valence-electron chi connectivity index (χ3n) is 1.72. The first-order chi connectivity index (χ1) is 7.38. The lowest BCUT2D eigenvalue weighted by Gasteiger charge is -2.02. The van der Waals surface area contributed by atoms with Crippen LogP contribution < -0.4 is 4.74 Å². The number of hydrogen-bond acceptors (Lipinski definition) is 4. The molecule has 0 saturated heterocycles. The lowest BCUT2D eigenvalue weighted by molar-refractivity contribution is 0.460. The molecule has 0 N–H and O–H groups in total. The van der Waals surface area contributed by atoms with E-state index in [9.17, 15) is 0 Å². The maximum absolute atomic E-state index is 8.68. The Kier molecular flexibility index (Phi) is 2.56. The van der Waals surface area contributed by atoms with Gasteiger partial charge >= 0.3 is 0 Å². The highest BCUT2D eigenvalue weighted by molar-refractivity contribution is 5.33. The molecule has 0 aliphatic carbocycles. The minimum Gasteiger partial charge on any atom is -0.437 e. The van der Waals surface area contributed by atoms with E-state index in [1.54, 1.807) is 36.7 Å². The molecule has 72 valence electrons. The van der Waals surface area contributed by atoms with E-state index in [1.807, 2.05) is 6.07 Å². The van der Waals surface area contributed by atoms with Crippen LogP contribution in [0.5, 0.6) is 11.6 Å². The first kappa shape index (κ1) is 9.16. The molecule has 4 nitrogen and oxygen atoms in total. The number of nitrogens with zero attached hydrogens (tertiary/aromatic N) is 3. The normalized spacial score (nSPS) is 9.27. The minimum absolute atomic E-state index is 0.391. The van der Waals surface area contributed by atoms with Crippen molar-refractivity contribution in [3.63, 3.8) is 0 Å². The van der Waals surface area contributed by atoms with Crippen LogP contribution in [-0.4, -0.2) is 9.97 Å². The molecule has 15 heavy (non-hydrogen) atoms. The molecule has 0 aromatic carbocycles. The molecule has 0 radical (unpaired) electrons. The maximum atomic E-state index is 8.68. The molecule has 2 heterocycles. The number of ether oxygens (including phenoxy) is 1. The van der Waals surface area contributed by atoms with Gasteiger partial charge in [-0.2, -0.15) is 5.26 Å². The van der Waals surface area contributed by atoms with E-state index in [-0.39, 0.29) is 0 Å². The highest BCUT2D eigenvalue weighted by Crippen LogP contribution is 2.17. The second-order valence-corrected chi connectivity index (χ2v) is 2.79. The van der Waals surface area contributed by atoms with Crippen LogP contribution >= 0.6 is 0 Å². The van der Waals surface area contributed by atoms with Crippen molar-refractivity contribution in [1.29, 1.82) is 5.26 Å². The molecule has 0 saturated carbocycles. The van der Waals surface area contributed by atoms with Crippen molar-refractivity contribution in [2.75, 3.05) is 0 Å². The Morgan fingerprint density at radius 3 is 2.93 bits per heavy atom. The quantitative estimate of drug-likeness (QED) is 0.740.